The molecule has 4 heteroatoms. The number of carbonyl (C=O) groups is 1. The van der Waals surface area contributed by atoms with Gasteiger partial charge in [0.05, 0.1) is 0 Å². The molecular formula is C17H17BrFNO. The van der Waals surface area contributed by atoms with E-state index < -0.39 is 0 Å². The third kappa shape index (κ3) is 4.48. The molecule has 0 fully saturated rings. The summed E-state index contributed by atoms with van der Waals surface area (Å²) in [7, 11) is 1.89. The van der Waals surface area contributed by atoms with Gasteiger partial charge in [-0.05, 0) is 19.2 Å². The molecule has 110 valence electrons. The Morgan fingerprint density at radius 3 is 2.52 bits per heavy atom. The number of hydrogen-bond donors (Lipinski definition) is 0. The van der Waals surface area contributed by atoms with Crippen LogP contribution in [0, 0.1) is 5.82 Å². The topological polar surface area (TPSA) is 20.3 Å². The highest BCUT2D eigenvalue weighted by atomic mass is 79.9. The Bertz CT molecular complexity index is 630. The van der Waals surface area contributed by atoms with Crippen LogP contribution in [0.1, 0.15) is 22.3 Å². The van der Waals surface area contributed by atoms with E-state index in [1.807, 2.05) is 42.3 Å². The van der Waals surface area contributed by atoms with E-state index in [9.17, 15) is 9.18 Å². The predicted octanol–water partition coefficient (Wildman–Crippen LogP) is 4.29. The van der Waals surface area contributed by atoms with E-state index in [-0.39, 0.29) is 11.6 Å². The Hall–Kier alpha value is -1.52. The van der Waals surface area contributed by atoms with Crippen LogP contribution in [0.4, 0.5) is 4.39 Å². The van der Waals surface area contributed by atoms with Crippen LogP contribution < -0.4 is 0 Å². The first-order chi connectivity index (χ1) is 10.1. The Kier molecular flexibility index (Phi) is 5.65. The van der Waals surface area contributed by atoms with Crippen LogP contribution in [0.3, 0.4) is 0 Å². The average Bonchev–Trinajstić information content (AvgIpc) is 2.48. The first-order valence-corrected chi connectivity index (χ1v) is 7.57. The van der Waals surface area contributed by atoms with Crippen molar-refractivity contribution >= 4 is 21.7 Å². The van der Waals surface area contributed by atoms with Crippen LogP contribution in [-0.2, 0) is 6.54 Å². The van der Waals surface area contributed by atoms with Crippen molar-refractivity contribution in [3.05, 3.63) is 69.9 Å². The Morgan fingerprint density at radius 1 is 1.14 bits per heavy atom. The summed E-state index contributed by atoms with van der Waals surface area (Å²) < 4.78 is 14.4. The van der Waals surface area contributed by atoms with Crippen LogP contribution >= 0.6 is 15.9 Å². The summed E-state index contributed by atoms with van der Waals surface area (Å²) in [5.41, 5.74) is 1.34. The summed E-state index contributed by atoms with van der Waals surface area (Å²) in [6.07, 6.45) is 0.410. The normalized spacial score (nSPS) is 10.9. The van der Waals surface area contributed by atoms with Crippen molar-refractivity contribution < 1.29 is 9.18 Å². The molecule has 0 unspecified atom stereocenters. The first-order valence-electron chi connectivity index (χ1n) is 6.77. The quantitative estimate of drug-likeness (QED) is 0.725. The molecule has 0 heterocycles. The van der Waals surface area contributed by atoms with Gasteiger partial charge in [-0.2, -0.15) is 0 Å². The first kappa shape index (κ1) is 15.9. The lowest BCUT2D eigenvalue weighted by atomic mass is 10.1. The van der Waals surface area contributed by atoms with Crippen molar-refractivity contribution in [1.82, 2.24) is 4.90 Å². The molecule has 0 saturated carbocycles. The van der Waals surface area contributed by atoms with Crippen LogP contribution in [0.5, 0.6) is 0 Å². The summed E-state index contributed by atoms with van der Waals surface area (Å²) >= 11 is 3.38. The maximum absolute atomic E-state index is 13.6. The molecule has 0 amide bonds. The van der Waals surface area contributed by atoms with Crippen molar-refractivity contribution in [2.75, 3.05) is 13.6 Å². The Labute approximate surface area is 132 Å². The summed E-state index contributed by atoms with van der Waals surface area (Å²) in [5, 5.41) is 0. The third-order valence-electron chi connectivity index (χ3n) is 3.29. The van der Waals surface area contributed by atoms with E-state index in [4.69, 9.17) is 0 Å². The zero-order valence-electron chi connectivity index (χ0n) is 11.9. The molecule has 0 saturated heterocycles. The van der Waals surface area contributed by atoms with Crippen LogP contribution in [0.15, 0.2) is 53.0 Å². The lowest BCUT2D eigenvalue weighted by Crippen LogP contribution is -2.22. The maximum atomic E-state index is 13.6. The van der Waals surface area contributed by atoms with Gasteiger partial charge in [0, 0.05) is 35.1 Å². The fourth-order valence-corrected chi connectivity index (χ4v) is 2.62. The van der Waals surface area contributed by atoms with Crippen LogP contribution in [0.25, 0.3) is 0 Å². The van der Waals surface area contributed by atoms with Gasteiger partial charge in [0.25, 0.3) is 0 Å². The van der Waals surface area contributed by atoms with Crippen molar-refractivity contribution in [2.24, 2.45) is 0 Å². The van der Waals surface area contributed by atoms with Crippen molar-refractivity contribution in [2.45, 2.75) is 13.0 Å². The van der Waals surface area contributed by atoms with E-state index in [2.05, 4.69) is 15.9 Å². The highest BCUT2D eigenvalue weighted by Crippen LogP contribution is 2.18. The molecule has 0 aliphatic carbocycles. The smallest absolute Gasteiger partial charge is 0.165 e. The van der Waals surface area contributed by atoms with Gasteiger partial charge in [-0.1, -0.05) is 52.3 Å². The number of benzene rings is 2. The minimum absolute atomic E-state index is 0.0860. The molecular weight excluding hydrogens is 333 g/mol. The average molecular weight is 350 g/mol. The third-order valence-corrected chi connectivity index (χ3v) is 3.98. The standard InChI is InChI=1S/C17H17BrFNO/c1-20(12-13-6-2-5-9-16(13)19)11-10-17(21)14-7-3-4-8-15(14)18/h2-9H,10-12H2,1H3. The van der Waals surface area contributed by atoms with Crippen molar-refractivity contribution in [3.63, 3.8) is 0 Å². The minimum atomic E-state index is -0.207. The molecule has 2 nitrogen and oxygen atoms in total. The van der Waals surface area contributed by atoms with E-state index in [0.29, 0.717) is 30.6 Å². The predicted molar refractivity (Wildman–Crippen MR) is 85.8 cm³/mol. The lowest BCUT2D eigenvalue weighted by Gasteiger charge is -2.16. The van der Waals surface area contributed by atoms with Crippen molar-refractivity contribution in [1.29, 1.82) is 0 Å². The highest BCUT2D eigenvalue weighted by Gasteiger charge is 2.11. The second-order valence-electron chi connectivity index (χ2n) is 4.98. The van der Waals surface area contributed by atoms with E-state index in [0.717, 1.165) is 4.47 Å². The largest absolute Gasteiger partial charge is 0.302 e. The highest BCUT2D eigenvalue weighted by molar-refractivity contribution is 9.10. The molecule has 2 aromatic rings. The van der Waals surface area contributed by atoms with Crippen LogP contribution in [0.2, 0.25) is 0 Å². The fraction of sp³-hybridized carbons (Fsp3) is 0.235. The molecule has 0 radical (unpaired) electrons. The summed E-state index contributed by atoms with van der Waals surface area (Å²) in [5.74, 6) is -0.121. The zero-order chi connectivity index (χ0) is 15.2. The number of halogens is 2. The number of ketones is 1. The van der Waals surface area contributed by atoms with Crippen molar-refractivity contribution in [3.8, 4) is 0 Å². The molecule has 2 rings (SSSR count). The number of rotatable bonds is 6. The SMILES string of the molecule is CN(CCC(=O)c1ccccc1Br)Cc1ccccc1F. The lowest BCUT2D eigenvalue weighted by molar-refractivity contribution is 0.0967. The summed E-state index contributed by atoms with van der Waals surface area (Å²) in [6, 6.07) is 14.1. The molecule has 21 heavy (non-hydrogen) atoms. The molecule has 0 aliphatic rings. The van der Waals surface area contributed by atoms with E-state index in [1.165, 1.54) is 6.07 Å². The van der Waals surface area contributed by atoms with Gasteiger partial charge in [-0.3, -0.25) is 4.79 Å². The molecule has 0 N–H and O–H groups in total. The van der Waals surface area contributed by atoms with E-state index >= 15 is 0 Å². The molecule has 2 aromatic carbocycles. The fourth-order valence-electron chi connectivity index (χ4n) is 2.11. The molecule has 0 aliphatic heterocycles. The maximum Gasteiger partial charge on any atom is 0.165 e. The monoisotopic (exact) mass is 349 g/mol. The van der Waals surface area contributed by atoms with Gasteiger partial charge < -0.3 is 4.90 Å². The molecule has 0 bridgehead atoms. The number of nitrogens with zero attached hydrogens (tertiary/aromatic N) is 1. The number of carbonyl (C=O) groups excluding carboxylic acids is 1. The summed E-state index contributed by atoms with van der Waals surface area (Å²) in [6.45, 7) is 1.09. The van der Waals surface area contributed by atoms with Gasteiger partial charge in [0.2, 0.25) is 0 Å². The number of hydrogen-bond acceptors (Lipinski definition) is 2. The summed E-state index contributed by atoms with van der Waals surface area (Å²) in [4.78, 5) is 14.1. The number of Topliss-reactive ketones (excluding diaryl/α,β-unsaturated/α-hetero) is 1. The zero-order valence-corrected chi connectivity index (χ0v) is 13.4. The van der Waals surface area contributed by atoms with Gasteiger partial charge in [0.15, 0.2) is 5.78 Å². The second-order valence-corrected chi connectivity index (χ2v) is 5.84. The Morgan fingerprint density at radius 2 is 1.81 bits per heavy atom. The molecule has 0 atom stereocenters. The van der Waals surface area contributed by atoms with Gasteiger partial charge in [-0.25, -0.2) is 4.39 Å². The van der Waals surface area contributed by atoms with Gasteiger partial charge in [-0.15, -0.1) is 0 Å². The molecule has 0 aromatic heterocycles. The second kappa shape index (κ2) is 7.48. The molecule has 0 spiro atoms. The van der Waals surface area contributed by atoms with E-state index in [1.54, 1.807) is 12.1 Å². The van der Waals surface area contributed by atoms with Gasteiger partial charge in [0.1, 0.15) is 5.82 Å². The Balaban J connectivity index is 1.90. The minimum Gasteiger partial charge on any atom is -0.302 e. The van der Waals surface area contributed by atoms with Gasteiger partial charge >= 0.3 is 0 Å². The van der Waals surface area contributed by atoms with Crippen LogP contribution in [-0.4, -0.2) is 24.3 Å².